The second kappa shape index (κ2) is 5.05. The van der Waals surface area contributed by atoms with E-state index in [-0.39, 0.29) is 11.7 Å². The van der Waals surface area contributed by atoms with Crippen LogP contribution >= 0.6 is 0 Å². The third kappa shape index (κ3) is 3.02. The lowest BCUT2D eigenvalue weighted by Crippen LogP contribution is -2.19. The lowest BCUT2D eigenvalue weighted by Gasteiger charge is -2.06. The molecule has 0 aromatic heterocycles. The molecule has 0 saturated heterocycles. The molecule has 0 aliphatic carbocycles. The van der Waals surface area contributed by atoms with Crippen LogP contribution in [0.1, 0.15) is 5.56 Å². The molecule has 0 bridgehead atoms. The zero-order chi connectivity index (χ0) is 11.3. The number of phenolic OH excluding ortho intramolecular Hbond substituents is 1. The topological polar surface area (TPSA) is 58.6 Å². The van der Waals surface area contributed by atoms with Gasteiger partial charge in [-0.3, -0.25) is 4.79 Å². The quantitative estimate of drug-likeness (QED) is 0.729. The number of methoxy groups -OCH3 is 1. The third-order valence-corrected chi connectivity index (χ3v) is 1.90. The lowest BCUT2D eigenvalue weighted by molar-refractivity contribution is -0.116. The Labute approximate surface area is 88.2 Å². The van der Waals surface area contributed by atoms with Crippen LogP contribution in [-0.4, -0.2) is 18.1 Å². The predicted molar refractivity (Wildman–Crippen MR) is 56.7 cm³/mol. The van der Waals surface area contributed by atoms with Crippen LogP contribution in [0.2, 0.25) is 0 Å². The van der Waals surface area contributed by atoms with Crippen molar-refractivity contribution in [3.05, 3.63) is 36.4 Å². The van der Waals surface area contributed by atoms with Crippen LogP contribution in [0.4, 0.5) is 0 Å². The molecule has 1 rings (SSSR count). The summed E-state index contributed by atoms with van der Waals surface area (Å²) < 4.78 is 4.94. The number of aromatic hydroxyl groups is 1. The number of amides is 1. The van der Waals surface area contributed by atoms with Crippen molar-refractivity contribution in [1.82, 2.24) is 5.32 Å². The molecule has 4 heteroatoms. The first-order chi connectivity index (χ1) is 7.17. The van der Waals surface area contributed by atoms with E-state index in [1.54, 1.807) is 12.1 Å². The van der Waals surface area contributed by atoms with E-state index in [0.29, 0.717) is 12.3 Å². The van der Waals surface area contributed by atoms with Crippen LogP contribution in [0.3, 0.4) is 0 Å². The first kappa shape index (κ1) is 11.1. The number of ether oxygens (including phenoxy) is 1. The zero-order valence-corrected chi connectivity index (χ0v) is 8.49. The van der Waals surface area contributed by atoms with Gasteiger partial charge in [0.2, 0.25) is 5.91 Å². The van der Waals surface area contributed by atoms with Crippen molar-refractivity contribution >= 4 is 5.91 Å². The normalized spacial score (nSPS) is 9.40. The second-order valence-electron chi connectivity index (χ2n) is 2.93. The number of hydrogen-bond donors (Lipinski definition) is 2. The van der Waals surface area contributed by atoms with Gasteiger partial charge in [0.05, 0.1) is 7.11 Å². The molecular formula is C11H13NO3. The van der Waals surface area contributed by atoms with Crippen molar-refractivity contribution < 1.29 is 14.6 Å². The van der Waals surface area contributed by atoms with Gasteiger partial charge < -0.3 is 15.2 Å². The van der Waals surface area contributed by atoms with E-state index in [9.17, 15) is 9.90 Å². The van der Waals surface area contributed by atoms with E-state index in [1.807, 2.05) is 0 Å². The van der Waals surface area contributed by atoms with Crippen molar-refractivity contribution in [3.63, 3.8) is 0 Å². The van der Waals surface area contributed by atoms with Crippen LogP contribution < -0.4 is 10.1 Å². The van der Waals surface area contributed by atoms with Gasteiger partial charge in [-0.25, -0.2) is 0 Å². The molecule has 0 saturated carbocycles. The van der Waals surface area contributed by atoms with Crippen molar-refractivity contribution in [2.45, 2.75) is 6.54 Å². The smallest absolute Gasteiger partial charge is 0.243 e. The average molecular weight is 207 g/mol. The average Bonchev–Trinajstić information content (AvgIpc) is 2.27. The van der Waals surface area contributed by atoms with Crippen LogP contribution in [0, 0.1) is 0 Å². The molecule has 0 aliphatic heterocycles. The van der Waals surface area contributed by atoms with E-state index in [0.717, 1.165) is 5.56 Å². The van der Waals surface area contributed by atoms with Gasteiger partial charge in [-0.15, -0.1) is 0 Å². The summed E-state index contributed by atoms with van der Waals surface area (Å²) in [5.74, 6) is 0.235. The number of rotatable bonds is 4. The molecule has 1 aromatic carbocycles. The Bertz CT molecular complexity index is 374. The Morgan fingerprint density at radius 1 is 1.67 bits per heavy atom. The molecule has 1 aromatic rings. The largest absolute Gasteiger partial charge is 0.504 e. The molecule has 0 unspecified atom stereocenters. The van der Waals surface area contributed by atoms with E-state index < -0.39 is 0 Å². The number of phenols is 1. The Balaban J connectivity index is 2.70. The molecule has 0 fully saturated rings. The molecular weight excluding hydrogens is 194 g/mol. The van der Waals surface area contributed by atoms with Gasteiger partial charge in [0.1, 0.15) is 0 Å². The fraction of sp³-hybridized carbons (Fsp3) is 0.182. The molecule has 1 amide bonds. The van der Waals surface area contributed by atoms with Crippen molar-refractivity contribution in [3.8, 4) is 11.5 Å². The Hall–Kier alpha value is -1.97. The standard InChI is InChI=1S/C11H13NO3/c1-3-11(14)12-7-8-4-5-9(13)10(6-8)15-2/h3-6,13H,1,7H2,2H3,(H,12,14). The van der Waals surface area contributed by atoms with Crippen molar-refractivity contribution in [2.24, 2.45) is 0 Å². The summed E-state index contributed by atoms with van der Waals surface area (Å²) in [6.45, 7) is 3.72. The third-order valence-electron chi connectivity index (χ3n) is 1.90. The number of benzene rings is 1. The molecule has 0 aliphatic rings. The maximum absolute atomic E-state index is 10.9. The number of hydrogen-bond acceptors (Lipinski definition) is 3. The summed E-state index contributed by atoms with van der Waals surface area (Å²) in [7, 11) is 1.47. The Morgan fingerprint density at radius 2 is 2.40 bits per heavy atom. The molecule has 0 heterocycles. The van der Waals surface area contributed by atoms with Crippen LogP contribution in [-0.2, 0) is 11.3 Å². The van der Waals surface area contributed by atoms with Crippen LogP contribution in [0.5, 0.6) is 11.5 Å². The number of carbonyl (C=O) groups is 1. The lowest BCUT2D eigenvalue weighted by atomic mass is 10.2. The zero-order valence-electron chi connectivity index (χ0n) is 8.49. The highest BCUT2D eigenvalue weighted by Crippen LogP contribution is 2.25. The maximum Gasteiger partial charge on any atom is 0.243 e. The summed E-state index contributed by atoms with van der Waals surface area (Å²) in [5, 5.41) is 12.0. The van der Waals surface area contributed by atoms with E-state index in [2.05, 4.69) is 11.9 Å². The van der Waals surface area contributed by atoms with Gasteiger partial charge in [-0.2, -0.15) is 0 Å². The molecule has 0 radical (unpaired) electrons. The molecule has 4 nitrogen and oxygen atoms in total. The van der Waals surface area contributed by atoms with Crippen molar-refractivity contribution in [1.29, 1.82) is 0 Å². The summed E-state index contributed by atoms with van der Waals surface area (Å²) in [6.07, 6.45) is 1.21. The van der Waals surface area contributed by atoms with E-state index >= 15 is 0 Å². The fourth-order valence-corrected chi connectivity index (χ4v) is 1.09. The predicted octanol–water partition coefficient (Wildman–Crippen LogP) is 1.20. The van der Waals surface area contributed by atoms with E-state index in [4.69, 9.17) is 4.74 Å². The monoisotopic (exact) mass is 207 g/mol. The van der Waals surface area contributed by atoms with Gasteiger partial charge in [0, 0.05) is 6.54 Å². The minimum absolute atomic E-state index is 0.0799. The van der Waals surface area contributed by atoms with Crippen LogP contribution in [0.25, 0.3) is 0 Å². The fourth-order valence-electron chi connectivity index (χ4n) is 1.09. The highest BCUT2D eigenvalue weighted by atomic mass is 16.5. The first-order valence-electron chi connectivity index (χ1n) is 4.43. The number of carbonyl (C=O) groups excluding carboxylic acids is 1. The van der Waals surface area contributed by atoms with Gasteiger partial charge in [-0.1, -0.05) is 12.6 Å². The summed E-state index contributed by atoms with van der Waals surface area (Å²) >= 11 is 0. The summed E-state index contributed by atoms with van der Waals surface area (Å²) in [5.41, 5.74) is 0.847. The summed E-state index contributed by atoms with van der Waals surface area (Å²) in [4.78, 5) is 10.9. The Morgan fingerprint density at radius 3 is 3.00 bits per heavy atom. The maximum atomic E-state index is 10.9. The van der Waals surface area contributed by atoms with Gasteiger partial charge in [0.25, 0.3) is 0 Å². The summed E-state index contributed by atoms with van der Waals surface area (Å²) in [6, 6.07) is 4.90. The molecule has 80 valence electrons. The highest BCUT2D eigenvalue weighted by molar-refractivity contribution is 5.86. The SMILES string of the molecule is C=CC(=O)NCc1ccc(O)c(OC)c1. The molecule has 2 N–H and O–H groups in total. The van der Waals surface area contributed by atoms with Gasteiger partial charge in [0.15, 0.2) is 11.5 Å². The molecule has 0 spiro atoms. The second-order valence-corrected chi connectivity index (χ2v) is 2.93. The van der Waals surface area contributed by atoms with E-state index in [1.165, 1.54) is 19.3 Å². The number of nitrogens with one attached hydrogen (secondary N) is 1. The molecule has 15 heavy (non-hydrogen) atoms. The van der Waals surface area contributed by atoms with Gasteiger partial charge in [-0.05, 0) is 23.8 Å². The van der Waals surface area contributed by atoms with Crippen molar-refractivity contribution in [2.75, 3.05) is 7.11 Å². The minimum atomic E-state index is -0.234. The van der Waals surface area contributed by atoms with Gasteiger partial charge >= 0.3 is 0 Å². The highest BCUT2D eigenvalue weighted by Gasteiger charge is 2.02. The first-order valence-corrected chi connectivity index (χ1v) is 4.43. The van der Waals surface area contributed by atoms with Crippen LogP contribution in [0.15, 0.2) is 30.9 Å². The molecule has 0 atom stereocenters. The Kier molecular flexibility index (Phi) is 3.74. The minimum Gasteiger partial charge on any atom is -0.504 e.